The maximum Gasteiger partial charge on any atom is 0.176 e. The van der Waals surface area contributed by atoms with Crippen molar-refractivity contribution in [3.05, 3.63) is 34.9 Å². The highest BCUT2D eigenvalue weighted by Gasteiger charge is 2.21. The number of benzene rings is 1. The Bertz CT molecular complexity index is 421. The number of aryl methyl sites for hydroxylation is 2. The Morgan fingerprint density at radius 1 is 1.25 bits per heavy atom. The van der Waals surface area contributed by atoms with Crippen molar-refractivity contribution in [2.75, 3.05) is 6.54 Å². The van der Waals surface area contributed by atoms with Crippen LogP contribution >= 0.6 is 0 Å². The van der Waals surface area contributed by atoms with Crippen LogP contribution in [0.25, 0.3) is 0 Å². The average molecular weight is 215 g/mol. The van der Waals surface area contributed by atoms with Gasteiger partial charge >= 0.3 is 0 Å². The molecule has 0 saturated heterocycles. The number of hydrogen-bond donors (Lipinski definition) is 1. The summed E-state index contributed by atoms with van der Waals surface area (Å²) in [5.74, 6) is 0.238. The molecule has 0 amide bonds. The summed E-state index contributed by atoms with van der Waals surface area (Å²) >= 11 is 0. The van der Waals surface area contributed by atoms with E-state index in [1.165, 1.54) is 36.8 Å². The Morgan fingerprint density at radius 3 is 2.88 bits per heavy atom. The molecule has 2 aliphatic rings. The maximum atomic E-state index is 11.9. The minimum absolute atomic E-state index is 0.238. The molecule has 2 nitrogen and oxygen atoms in total. The summed E-state index contributed by atoms with van der Waals surface area (Å²) in [6.45, 7) is 0.503. The van der Waals surface area contributed by atoms with Gasteiger partial charge in [-0.05, 0) is 49.3 Å². The molecule has 1 N–H and O–H groups in total. The molecule has 3 rings (SSSR count). The first-order valence-electron chi connectivity index (χ1n) is 6.21. The van der Waals surface area contributed by atoms with E-state index >= 15 is 0 Å². The molecule has 1 fully saturated rings. The minimum atomic E-state index is 0.238. The second-order valence-corrected chi connectivity index (χ2v) is 4.92. The van der Waals surface area contributed by atoms with E-state index in [1.807, 2.05) is 6.07 Å². The average Bonchev–Trinajstić information content (AvgIpc) is 3.01. The van der Waals surface area contributed by atoms with Gasteiger partial charge in [-0.15, -0.1) is 0 Å². The van der Waals surface area contributed by atoms with Crippen LogP contribution in [0.4, 0.5) is 0 Å². The summed E-state index contributed by atoms with van der Waals surface area (Å²) in [5.41, 5.74) is 3.71. The van der Waals surface area contributed by atoms with Crippen molar-refractivity contribution in [1.29, 1.82) is 0 Å². The Kier molecular flexibility index (Phi) is 2.52. The second-order valence-electron chi connectivity index (χ2n) is 4.92. The molecular weight excluding hydrogens is 198 g/mol. The first kappa shape index (κ1) is 10.0. The number of rotatable bonds is 4. The lowest BCUT2D eigenvalue weighted by molar-refractivity contribution is 0.0990. The molecule has 1 aromatic rings. The highest BCUT2D eigenvalue weighted by molar-refractivity contribution is 5.97. The van der Waals surface area contributed by atoms with E-state index in [1.54, 1.807) is 0 Å². The third-order valence-electron chi connectivity index (χ3n) is 3.55. The van der Waals surface area contributed by atoms with Gasteiger partial charge in [-0.25, -0.2) is 0 Å². The molecule has 2 heteroatoms. The lowest BCUT2D eigenvalue weighted by Gasteiger charge is -2.05. The number of fused-ring (bicyclic) bond motifs is 1. The molecule has 16 heavy (non-hydrogen) atoms. The summed E-state index contributed by atoms with van der Waals surface area (Å²) in [5, 5.41) is 3.27. The van der Waals surface area contributed by atoms with Crippen molar-refractivity contribution in [3.8, 4) is 0 Å². The van der Waals surface area contributed by atoms with E-state index in [4.69, 9.17) is 0 Å². The van der Waals surface area contributed by atoms with Crippen LogP contribution in [-0.2, 0) is 12.8 Å². The van der Waals surface area contributed by atoms with Gasteiger partial charge in [0.2, 0.25) is 0 Å². The summed E-state index contributed by atoms with van der Waals surface area (Å²) < 4.78 is 0. The molecule has 0 spiro atoms. The largest absolute Gasteiger partial charge is 0.307 e. The topological polar surface area (TPSA) is 29.1 Å². The number of hydrogen-bond acceptors (Lipinski definition) is 2. The molecule has 84 valence electrons. The first-order valence-corrected chi connectivity index (χ1v) is 6.21. The Morgan fingerprint density at radius 2 is 2.06 bits per heavy atom. The lowest BCUT2D eigenvalue weighted by Crippen LogP contribution is -2.24. The molecule has 1 aromatic carbocycles. The molecule has 0 radical (unpaired) electrons. The third-order valence-corrected chi connectivity index (χ3v) is 3.55. The molecule has 2 aliphatic carbocycles. The third kappa shape index (κ3) is 2.03. The highest BCUT2D eigenvalue weighted by atomic mass is 16.1. The number of carbonyl (C=O) groups excluding carboxylic acids is 1. The van der Waals surface area contributed by atoms with E-state index in [-0.39, 0.29) is 5.78 Å². The first-order chi connectivity index (χ1) is 7.83. The predicted molar refractivity (Wildman–Crippen MR) is 63.8 cm³/mol. The molecular formula is C14H17NO. The van der Waals surface area contributed by atoms with E-state index in [0.29, 0.717) is 12.6 Å². The molecule has 0 atom stereocenters. The summed E-state index contributed by atoms with van der Waals surface area (Å²) in [7, 11) is 0. The summed E-state index contributed by atoms with van der Waals surface area (Å²) in [6.07, 6.45) is 6.04. The fraction of sp³-hybridized carbons (Fsp3) is 0.500. The normalized spacial score (nSPS) is 18.5. The SMILES string of the molecule is O=C(CNC1CC1)c1ccc2c(c1)CCC2. The fourth-order valence-corrected chi connectivity index (χ4v) is 2.37. The standard InChI is InChI=1S/C14H17NO/c16-14(9-15-13-6-7-13)12-5-4-10-2-1-3-11(10)8-12/h4-5,8,13,15H,1-3,6-7,9H2. The number of Topliss-reactive ketones (excluding diaryl/α,β-unsaturated/α-hetero) is 1. The van der Waals surface area contributed by atoms with Gasteiger partial charge in [-0.1, -0.05) is 12.1 Å². The van der Waals surface area contributed by atoms with Crippen molar-refractivity contribution in [1.82, 2.24) is 5.32 Å². The minimum Gasteiger partial charge on any atom is -0.307 e. The zero-order valence-corrected chi connectivity index (χ0v) is 9.46. The van der Waals surface area contributed by atoms with Gasteiger partial charge in [-0.2, -0.15) is 0 Å². The van der Waals surface area contributed by atoms with Gasteiger partial charge < -0.3 is 5.32 Å². The fourth-order valence-electron chi connectivity index (χ4n) is 2.37. The van der Waals surface area contributed by atoms with Gasteiger partial charge in [0.1, 0.15) is 0 Å². The summed E-state index contributed by atoms with van der Waals surface area (Å²) in [6, 6.07) is 6.82. The number of nitrogens with one attached hydrogen (secondary N) is 1. The highest BCUT2D eigenvalue weighted by Crippen LogP contribution is 2.23. The Hall–Kier alpha value is -1.15. The van der Waals surface area contributed by atoms with E-state index in [2.05, 4.69) is 17.4 Å². The zero-order chi connectivity index (χ0) is 11.0. The van der Waals surface area contributed by atoms with Gasteiger partial charge in [0, 0.05) is 11.6 Å². The Balaban J connectivity index is 1.70. The molecule has 0 unspecified atom stereocenters. The van der Waals surface area contributed by atoms with Crippen molar-refractivity contribution in [3.63, 3.8) is 0 Å². The van der Waals surface area contributed by atoms with Crippen molar-refractivity contribution >= 4 is 5.78 Å². The van der Waals surface area contributed by atoms with Crippen LogP contribution in [0.1, 0.15) is 40.7 Å². The molecule has 1 saturated carbocycles. The van der Waals surface area contributed by atoms with Crippen LogP contribution in [0.2, 0.25) is 0 Å². The van der Waals surface area contributed by atoms with E-state index in [0.717, 1.165) is 12.0 Å². The second kappa shape index (κ2) is 4.02. The molecule has 0 aliphatic heterocycles. The van der Waals surface area contributed by atoms with Gasteiger partial charge in [-0.3, -0.25) is 4.79 Å². The van der Waals surface area contributed by atoms with Crippen LogP contribution in [0.5, 0.6) is 0 Å². The lowest BCUT2D eigenvalue weighted by atomic mass is 10.0. The van der Waals surface area contributed by atoms with Gasteiger partial charge in [0.15, 0.2) is 5.78 Å². The predicted octanol–water partition coefficient (Wildman–Crippen LogP) is 2.11. The Labute approximate surface area is 96.1 Å². The van der Waals surface area contributed by atoms with Crippen molar-refractivity contribution in [2.45, 2.75) is 38.1 Å². The van der Waals surface area contributed by atoms with Gasteiger partial charge in [0.25, 0.3) is 0 Å². The van der Waals surface area contributed by atoms with Crippen molar-refractivity contribution < 1.29 is 4.79 Å². The quantitative estimate of drug-likeness (QED) is 0.779. The number of ketones is 1. The van der Waals surface area contributed by atoms with E-state index in [9.17, 15) is 4.79 Å². The molecule has 0 heterocycles. The van der Waals surface area contributed by atoms with Crippen LogP contribution in [-0.4, -0.2) is 18.4 Å². The maximum absolute atomic E-state index is 11.9. The van der Waals surface area contributed by atoms with Crippen LogP contribution in [0.3, 0.4) is 0 Å². The smallest absolute Gasteiger partial charge is 0.176 e. The van der Waals surface area contributed by atoms with Crippen LogP contribution in [0, 0.1) is 0 Å². The van der Waals surface area contributed by atoms with Gasteiger partial charge in [0.05, 0.1) is 6.54 Å². The molecule has 0 bridgehead atoms. The van der Waals surface area contributed by atoms with E-state index < -0.39 is 0 Å². The number of carbonyl (C=O) groups is 1. The summed E-state index contributed by atoms with van der Waals surface area (Å²) in [4.78, 5) is 11.9. The molecule has 0 aromatic heterocycles. The van der Waals surface area contributed by atoms with Crippen LogP contribution in [0.15, 0.2) is 18.2 Å². The zero-order valence-electron chi connectivity index (χ0n) is 9.46. The van der Waals surface area contributed by atoms with Crippen LogP contribution < -0.4 is 5.32 Å². The monoisotopic (exact) mass is 215 g/mol. The van der Waals surface area contributed by atoms with Crippen molar-refractivity contribution in [2.24, 2.45) is 0 Å².